The van der Waals surface area contributed by atoms with E-state index in [0.717, 1.165) is 29.4 Å². The van der Waals surface area contributed by atoms with E-state index in [2.05, 4.69) is 22.4 Å². The van der Waals surface area contributed by atoms with E-state index < -0.39 is 0 Å². The SMILES string of the molecule is CCCc1nnc(-c2cc3ccccc3n2CC(=O)Nc2cccc(OC)c2)o1. The largest absolute Gasteiger partial charge is 0.497 e. The van der Waals surface area contributed by atoms with Crippen molar-refractivity contribution in [3.63, 3.8) is 0 Å². The summed E-state index contributed by atoms with van der Waals surface area (Å²) in [5, 5.41) is 12.2. The molecular formula is C22H22N4O3. The van der Waals surface area contributed by atoms with Gasteiger partial charge in [-0.15, -0.1) is 10.2 Å². The number of hydrogen-bond acceptors (Lipinski definition) is 5. The zero-order chi connectivity index (χ0) is 20.2. The first-order valence-corrected chi connectivity index (χ1v) is 9.53. The van der Waals surface area contributed by atoms with Gasteiger partial charge in [-0.2, -0.15) is 0 Å². The summed E-state index contributed by atoms with van der Waals surface area (Å²) < 4.78 is 12.9. The average molecular weight is 390 g/mol. The Labute approximate surface area is 168 Å². The summed E-state index contributed by atoms with van der Waals surface area (Å²) in [6.07, 6.45) is 1.65. The standard InChI is InChI=1S/C22H22N4O3/c1-3-7-21-24-25-22(29-21)19-12-15-8-4-5-11-18(15)26(19)14-20(27)23-16-9-6-10-17(13-16)28-2/h4-6,8-13H,3,7,14H2,1-2H3,(H,23,27). The van der Waals surface area contributed by atoms with Gasteiger partial charge < -0.3 is 19.0 Å². The molecule has 0 unspecified atom stereocenters. The minimum atomic E-state index is -0.158. The third-order valence-electron chi connectivity index (χ3n) is 4.62. The molecule has 0 aliphatic carbocycles. The summed E-state index contributed by atoms with van der Waals surface area (Å²) in [6.45, 7) is 2.18. The summed E-state index contributed by atoms with van der Waals surface area (Å²) in [7, 11) is 1.59. The molecule has 0 saturated heterocycles. The predicted molar refractivity (Wildman–Crippen MR) is 111 cm³/mol. The van der Waals surface area contributed by atoms with Gasteiger partial charge in [-0.3, -0.25) is 4.79 Å². The summed E-state index contributed by atoms with van der Waals surface area (Å²) in [5.41, 5.74) is 2.33. The second-order valence-electron chi connectivity index (χ2n) is 6.71. The number of carbonyl (C=O) groups is 1. The summed E-state index contributed by atoms with van der Waals surface area (Å²) in [6, 6.07) is 17.1. The molecule has 148 valence electrons. The molecule has 7 nitrogen and oxygen atoms in total. The van der Waals surface area contributed by atoms with Crippen LogP contribution in [0.4, 0.5) is 5.69 Å². The van der Waals surface area contributed by atoms with Gasteiger partial charge in [0.15, 0.2) is 0 Å². The Morgan fingerprint density at radius 1 is 1.14 bits per heavy atom. The quantitative estimate of drug-likeness (QED) is 0.509. The fourth-order valence-corrected chi connectivity index (χ4v) is 3.27. The maximum atomic E-state index is 12.8. The molecular weight excluding hydrogens is 368 g/mol. The molecule has 0 radical (unpaired) electrons. The van der Waals surface area contributed by atoms with Gasteiger partial charge in [-0.05, 0) is 30.7 Å². The van der Waals surface area contributed by atoms with E-state index in [1.807, 2.05) is 53.1 Å². The molecule has 4 aromatic rings. The van der Waals surface area contributed by atoms with Gasteiger partial charge in [-0.25, -0.2) is 0 Å². The second kappa shape index (κ2) is 8.18. The molecule has 2 heterocycles. The third kappa shape index (κ3) is 3.99. The van der Waals surface area contributed by atoms with Crippen molar-refractivity contribution >= 4 is 22.5 Å². The van der Waals surface area contributed by atoms with E-state index >= 15 is 0 Å². The number of aromatic nitrogens is 3. The minimum Gasteiger partial charge on any atom is -0.497 e. The number of benzene rings is 2. The number of para-hydroxylation sites is 1. The lowest BCUT2D eigenvalue weighted by Gasteiger charge is -2.10. The van der Waals surface area contributed by atoms with Crippen molar-refractivity contribution < 1.29 is 13.9 Å². The molecule has 4 rings (SSSR count). The number of carbonyl (C=O) groups excluding carboxylic acids is 1. The fourth-order valence-electron chi connectivity index (χ4n) is 3.27. The number of ether oxygens (including phenoxy) is 1. The number of nitrogens with zero attached hydrogens (tertiary/aromatic N) is 3. The lowest BCUT2D eigenvalue weighted by Crippen LogP contribution is -2.19. The number of amides is 1. The second-order valence-corrected chi connectivity index (χ2v) is 6.71. The van der Waals surface area contributed by atoms with Crippen molar-refractivity contribution in [2.75, 3.05) is 12.4 Å². The number of aryl methyl sites for hydroxylation is 1. The predicted octanol–water partition coefficient (Wildman–Crippen LogP) is 4.29. The number of nitrogens with one attached hydrogen (secondary N) is 1. The van der Waals surface area contributed by atoms with Crippen LogP contribution in [0.25, 0.3) is 22.5 Å². The van der Waals surface area contributed by atoms with Gasteiger partial charge in [-0.1, -0.05) is 31.2 Å². The van der Waals surface area contributed by atoms with E-state index in [0.29, 0.717) is 23.2 Å². The van der Waals surface area contributed by atoms with Crippen molar-refractivity contribution in [3.05, 3.63) is 60.5 Å². The highest BCUT2D eigenvalue weighted by atomic mass is 16.5. The van der Waals surface area contributed by atoms with Gasteiger partial charge in [0.1, 0.15) is 18.0 Å². The van der Waals surface area contributed by atoms with Crippen LogP contribution in [-0.4, -0.2) is 27.8 Å². The Morgan fingerprint density at radius 3 is 2.83 bits per heavy atom. The summed E-state index contributed by atoms with van der Waals surface area (Å²) >= 11 is 0. The molecule has 7 heteroatoms. The molecule has 2 aromatic heterocycles. The molecule has 1 amide bonds. The van der Waals surface area contributed by atoms with Crippen LogP contribution >= 0.6 is 0 Å². The number of anilines is 1. The van der Waals surface area contributed by atoms with Gasteiger partial charge >= 0.3 is 0 Å². The van der Waals surface area contributed by atoms with Crippen molar-refractivity contribution in [1.29, 1.82) is 0 Å². The summed E-state index contributed by atoms with van der Waals surface area (Å²) in [5.74, 6) is 1.54. The molecule has 2 aromatic carbocycles. The number of rotatable bonds is 7. The zero-order valence-electron chi connectivity index (χ0n) is 16.4. The van der Waals surface area contributed by atoms with Crippen molar-refractivity contribution in [2.45, 2.75) is 26.3 Å². The first-order valence-electron chi connectivity index (χ1n) is 9.53. The molecule has 0 saturated carbocycles. The molecule has 0 aliphatic rings. The lowest BCUT2D eigenvalue weighted by atomic mass is 10.2. The highest BCUT2D eigenvalue weighted by Gasteiger charge is 2.18. The number of methoxy groups -OCH3 is 1. The van der Waals surface area contributed by atoms with E-state index in [4.69, 9.17) is 9.15 Å². The molecule has 0 aliphatic heterocycles. The van der Waals surface area contributed by atoms with Crippen LogP contribution in [0.2, 0.25) is 0 Å². The van der Waals surface area contributed by atoms with Crippen LogP contribution in [0.3, 0.4) is 0 Å². The van der Waals surface area contributed by atoms with Gasteiger partial charge in [0.25, 0.3) is 5.89 Å². The van der Waals surface area contributed by atoms with Crippen LogP contribution in [-0.2, 0) is 17.8 Å². The van der Waals surface area contributed by atoms with Crippen LogP contribution in [0.1, 0.15) is 19.2 Å². The minimum absolute atomic E-state index is 0.117. The van der Waals surface area contributed by atoms with E-state index in [1.54, 1.807) is 13.2 Å². The monoisotopic (exact) mass is 390 g/mol. The van der Waals surface area contributed by atoms with Crippen LogP contribution in [0, 0.1) is 0 Å². The number of hydrogen-bond donors (Lipinski definition) is 1. The topological polar surface area (TPSA) is 82.2 Å². The van der Waals surface area contributed by atoms with Crippen molar-refractivity contribution in [2.24, 2.45) is 0 Å². The fraction of sp³-hybridized carbons (Fsp3) is 0.227. The van der Waals surface area contributed by atoms with E-state index in [1.165, 1.54) is 0 Å². The van der Waals surface area contributed by atoms with Crippen molar-refractivity contribution in [3.8, 4) is 17.3 Å². The maximum absolute atomic E-state index is 12.8. The molecule has 29 heavy (non-hydrogen) atoms. The zero-order valence-corrected chi connectivity index (χ0v) is 16.4. The Balaban J connectivity index is 1.65. The van der Waals surface area contributed by atoms with Crippen LogP contribution in [0.15, 0.2) is 59.0 Å². The highest BCUT2D eigenvalue weighted by molar-refractivity contribution is 5.93. The Morgan fingerprint density at radius 2 is 2.00 bits per heavy atom. The average Bonchev–Trinajstić information content (AvgIpc) is 3.33. The molecule has 0 spiro atoms. The molecule has 0 atom stereocenters. The number of fused-ring (bicyclic) bond motifs is 1. The highest BCUT2D eigenvalue weighted by Crippen LogP contribution is 2.28. The van der Waals surface area contributed by atoms with E-state index in [9.17, 15) is 4.79 Å². The third-order valence-corrected chi connectivity index (χ3v) is 4.62. The Kier molecular flexibility index (Phi) is 5.29. The van der Waals surface area contributed by atoms with Gasteiger partial charge in [0.2, 0.25) is 11.8 Å². The van der Waals surface area contributed by atoms with Crippen molar-refractivity contribution in [1.82, 2.24) is 14.8 Å². The Hall–Kier alpha value is -3.61. The molecule has 0 fully saturated rings. The van der Waals surface area contributed by atoms with Crippen LogP contribution in [0.5, 0.6) is 5.75 Å². The first-order chi connectivity index (χ1) is 14.2. The molecule has 0 bridgehead atoms. The smallest absolute Gasteiger partial charge is 0.264 e. The lowest BCUT2D eigenvalue weighted by molar-refractivity contribution is -0.116. The Bertz CT molecular complexity index is 1150. The maximum Gasteiger partial charge on any atom is 0.264 e. The summed E-state index contributed by atoms with van der Waals surface area (Å²) in [4.78, 5) is 12.8. The van der Waals surface area contributed by atoms with E-state index in [-0.39, 0.29) is 12.5 Å². The van der Waals surface area contributed by atoms with Crippen LogP contribution < -0.4 is 10.1 Å². The normalized spacial score (nSPS) is 11.0. The first kappa shape index (κ1) is 18.7. The molecule has 1 N–H and O–H groups in total. The van der Waals surface area contributed by atoms with Gasteiger partial charge in [0.05, 0.1) is 7.11 Å². The van der Waals surface area contributed by atoms with Gasteiger partial charge in [0, 0.05) is 29.1 Å².